The van der Waals surface area contributed by atoms with Gasteiger partial charge < -0.3 is 24.2 Å². The highest BCUT2D eigenvalue weighted by molar-refractivity contribution is 5.51. The van der Waals surface area contributed by atoms with Gasteiger partial charge in [-0.05, 0) is 72.6 Å². The fraction of sp³-hybridized carbons (Fsp3) is 0.586. The minimum atomic E-state index is -0.105. The van der Waals surface area contributed by atoms with E-state index in [9.17, 15) is 5.11 Å². The average molecular weight is 466 g/mol. The SMILES string of the molecule is COC(OC)C1CCN(c2ccc([C@H]3c4ccc(O)cc4CO[C@H]3C3CCCCC3)cc2)CC1. The molecule has 0 unspecified atom stereocenters. The van der Waals surface area contributed by atoms with Gasteiger partial charge in [-0.25, -0.2) is 0 Å². The zero-order chi connectivity index (χ0) is 23.5. The van der Waals surface area contributed by atoms with Crippen molar-refractivity contribution in [2.45, 2.75) is 69.9 Å². The van der Waals surface area contributed by atoms with Gasteiger partial charge in [0.25, 0.3) is 0 Å². The Morgan fingerprint density at radius 3 is 2.29 bits per heavy atom. The Kier molecular flexibility index (Phi) is 7.43. The number of benzene rings is 2. The molecule has 0 amide bonds. The van der Waals surface area contributed by atoms with E-state index in [-0.39, 0.29) is 18.3 Å². The Morgan fingerprint density at radius 2 is 1.62 bits per heavy atom. The molecule has 2 atom stereocenters. The van der Waals surface area contributed by atoms with Crippen LogP contribution in [0.3, 0.4) is 0 Å². The van der Waals surface area contributed by atoms with Crippen molar-refractivity contribution in [1.82, 2.24) is 0 Å². The molecular weight excluding hydrogens is 426 g/mol. The molecule has 0 aromatic heterocycles. The monoisotopic (exact) mass is 465 g/mol. The van der Waals surface area contributed by atoms with E-state index >= 15 is 0 Å². The molecule has 2 aliphatic heterocycles. The van der Waals surface area contributed by atoms with E-state index in [0.717, 1.165) is 31.5 Å². The Bertz CT molecular complexity index is 928. The van der Waals surface area contributed by atoms with Crippen molar-refractivity contribution in [2.75, 3.05) is 32.2 Å². The molecule has 1 saturated carbocycles. The first-order valence-electron chi connectivity index (χ1n) is 13.0. The number of piperidine rings is 1. The molecule has 2 aromatic carbocycles. The first-order valence-corrected chi connectivity index (χ1v) is 13.0. The number of anilines is 1. The van der Waals surface area contributed by atoms with Crippen LogP contribution in [-0.4, -0.2) is 44.8 Å². The molecule has 5 heteroatoms. The maximum Gasteiger partial charge on any atom is 0.159 e. The summed E-state index contributed by atoms with van der Waals surface area (Å²) < 4.78 is 17.5. The van der Waals surface area contributed by atoms with Gasteiger partial charge in [-0.2, -0.15) is 0 Å². The number of rotatable bonds is 6. The van der Waals surface area contributed by atoms with Crippen molar-refractivity contribution in [1.29, 1.82) is 0 Å². The largest absolute Gasteiger partial charge is 0.508 e. The van der Waals surface area contributed by atoms with Crippen molar-refractivity contribution in [3.8, 4) is 5.75 Å². The molecule has 184 valence electrons. The molecule has 1 aliphatic carbocycles. The summed E-state index contributed by atoms with van der Waals surface area (Å²) in [6, 6.07) is 15.0. The third-order valence-corrected chi connectivity index (χ3v) is 8.34. The van der Waals surface area contributed by atoms with Crippen molar-refractivity contribution in [3.05, 3.63) is 59.2 Å². The Labute approximate surface area is 204 Å². The predicted molar refractivity (Wildman–Crippen MR) is 134 cm³/mol. The van der Waals surface area contributed by atoms with Crippen molar-refractivity contribution >= 4 is 5.69 Å². The topological polar surface area (TPSA) is 51.2 Å². The molecule has 2 aromatic rings. The highest BCUT2D eigenvalue weighted by Gasteiger charge is 2.37. The fourth-order valence-electron chi connectivity index (χ4n) is 6.52. The Morgan fingerprint density at radius 1 is 0.912 bits per heavy atom. The molecule has 5 nitrogen and oxygen atoms in total. The Balaban J connectivity index is 1.36. The summed E-state index contributed by atoms with van der Waals surface area (Å²) in [7, 11) is 3.46. The highest BCUT2D eigenvalue weighted by Crippen LogP contribution is 2.44. The van der Waals surface area contributed by atoms with Gasteiger partial charge in [-0.1, -0.05) is 37.5 Å². The van der Waals surface area contributed by atoms with Crippen molar-refractivity contribution in [2.24, 2.45) is 11.8 Å². The number of ether oxygens (including phenoxy) is 3. The third-order valence-electron chi connectivity index (χ3n) is 8.34. The van der Waals surface area contributed by atoms with E-state index in [4.69, 9.17) is 14.2 Å². The average Bonchev–Trinajstić information content (AvgIpc) is 2.90. The van der Waals surface area contributed by atoms with Crippen LogP contribution in [0, 0.1) is 11.8 Å². The first-order chi connectivity index (χ1) is 16.7. The number of phenols is 1. The standard InChI is InChI=1S/C29H39NO4/c1-32-29(33-2)22-14-16-30(17-15-22)24-10-8-20(9-11-24)27-26-13-12-25(31)18-23(26)19-34-28(27)21-6-4-3-5-7-21/h8-13,18,21-22,27-29,31H,3-7,14-17,19H2,1-2H3/t27-,28-/m0/s1. The maximum atomic E-state index is 10.0. The van der Waals surface area contributed by atoms with Crippen molar-refractivity contribution < 1.29 is 19.3 Å². The second-order valence-corrected chi connectivity index (χ2v) is 10.3. The van der Waals surface area contributed by atoms with E-state index in [2.05, 4.69) is 35.2 Å². The summed E-state index contributed by atoms with van der Waals surface area (Å²) in [5.74, 6) is 1.60. The lowest BCUT2D eigenvalue weighted by Gasteiger charge is -2.40. The van der Waals surface area contributed by atoms with Crippen LogP contribution >= 0.6 is 0 Å². The van der Waals surface area contributed by atoms with Gasteiger partial charge in [-0.15, -0.1) is 0 Å². The van der Waals surface area contributed by atoms with Crippen LogP contribution < -0.4 is 4.90 Å². The zero-order valence-electron chi connectivity index (χ0n) is 20.6. The number of methoxy groups -OCH3 is 2. The summed E-state index contributed by atoms with van der Waals surface area (Å²) >= 11 is 0. The number of hydrogen-bond donors (Lipinski definition) is 1. The van der Waals surface area contributed by atoms with Gasteiger partial charge >= 0.3 is 0 Å². The minimum absolute atomic E-state index is 0.105. The van der Waals surface area contributed by atoms with Gasteiger partial charge in [0, 0.05) is 44.8 Å². The maximum absolute atomic E-state index is 10.0. The van der Waals surface area contributed by atoms with E-state index in [0.29, 0.717) is 24.2 Å². The molecule has 0 bridgehead atoms. The quantitative estimate of drug-likeness (QED) is 0.543. The molecule has 3 aliphatic rings. The van der Waals surface area contributed by atoms with Gasteiger partial charge in [-0.3, -0.25) is 0 Å². The molecule has 2 heterocycles. The van der Waals surface area contributed by atoms with Gasteiger partial charge in [0.2, 0.25) is 0 Å². The highest BCUT2D eigenvalue weighted by atomic mass is 16.7. The molecular formula is C29H39NO4. The number of aromatic hydroxyl groups is 1. The number of phenolic OH excluding ortho intramolecular Hbond substituents is 1. The summed E-state index contributed by atoms with van der Waals surface area (Å²) in [4.78, 5) is 2.48. The lowest BCUT2D eigenvalue weighted by Crippen LogP contribution is -2.39. The van der Waals surface area contributed by atoms with Crippen LogP contribution in [0.25, 0.3) is 0 Å². The number of nitrogens with zero attached hydrogens (tertiary/aromatic N) is 1. The normalized spacial score (nSPS) is 24.4. The molecule has 1 saturated heterocycles. The van der Waals surface area contributed by atoms with Crippen LogP contribution in [0.4, 0.5) is 5.69 Å². The van der Waals surface area contributed by atoms with Gasteiger partial charge in [0.1, 0.15) is 5.75 Å². The second-order valence-electron chi connectivity index (χ2n) is 10.3. The fourth-order valence-corrected chi connectivity index (χ4v) is 6.52. The minimum Gasteiger partial charge on any atom is -0.508 e. The van der Waals surface area contributed by atoms with Gasteiger partial charge in [0.15, 0.2) is 6.29 Å². The summed E-state index contributed by atoms with van der Waals surface area (Å²) in [5.41, 5.74) is 5.04. The number of fused-ring (bicyclic) bond motifs is 1. The van der Waals surface area contributed by atoms with Crippen LogP contribution in [0.1, 0.15) is 67.6 Å². The van der Waals surface area contributed by atoms with E-state index < -0.39 is 0 Å². The molecule has 0 spiro atoms. The van der Waals surface area contributed by atoms with E-state index in [1.807, 2.05) is 12.1 Å². The smallest absolute Gasteiger partial charge is 0.159 e. The molecule has 0 radical (unpaired) electrons. The van der Waals surface area contributed by atoms with E-state index in [1.165, 1.54) is 48.9 Å². The molecule has 34 heavy (non-hydrogen) atoms. The lowest BCUT2D eigenvalue weighted by molar-refractivity contribution is -0.141. The predicted octanol–water partition coefficient (Wildman–Crippen LogP) is 5.84. The van der Waals surface area contributed by atoms with Crippen LogP contribution in [0.5, 0.6) is 5.75 Å². The van der Waals surface area contributed by atoms with Crippen LogP contribution in [-0.2, 0) is 20.8 Å². The summed E-state index contributed by atoms with van der Waals surface area (Å²) in [5, 5.41) is 10.0. The molecule has 1 N–H and O–H groups in total. The van der Waals surface area contributed by atoms with Crippen molar-refractivity contribution in [3.63, 3.8) is 0 Å². The number of hydrogen-bond acceptors (Lipinski definition) is 5. The third kappa shape index (κ3) is 4.84. The summed E-state index contributed by atoms with van der Waals surface area (Å²) in [6.07, 6.45) is 8.72. The van der Waals surface area contributed by atoms with Crippen LogP contribution in [0.15, 0.2) is 42.5 Å². The molecule has 5 rings (SSSR count). The lowest BCUT2D eigenvalue weighted by atomic mass is 9.73. The first kappa shape index (κ1) is 23.7. The summed E-state index contributed by atoms with van der Waals surface area (Å²) in [6.45, 7) is 2.64. The van der Waals surface area contributed by atoms with Crippen LogP contribution in [0.2, 0.25) is 0 Å². The molecule has 2 fully saturated rings. The van der Waals surface area contributed by atoms with E-state index in [1.54, 1.807) is 14.2 Å². The Hall–Kier alpha value is -2.08. The second kappa shape index (κ2) is 10.7. The van der Waals surface area contributed by atoms with Gasteiger partial charge in [0.05, 0.1) is 12.7 Å². The zero-order valence-corrected chi connectivity index (χ0v) is 20.6.